The highest BCUT2D eigenvalue weighted by molar-refractivity contribution is 5.99. The van der Waals surface area contributed by atoms with Gasteiger partial charge in [0.1, 0.15) is 5.75 Å². The molecular weight excluding hydrogens is 366 g/mol. The minimum absolute atomic E-state index is 0.00747. The summed E-state index contributed by atoms with van der Waals surface area (Å²) in [5.41, 5.74) is 0.737. The van der Waals surface area contributed by atoms with Gasteiger partial charge >= 0.3 is 5.97 Å². The minimum atomic E-state index is -0.825. The van der Waals surface area contributed by atoms with Crippen LogP contribution in [-0.4, -0.2) is 44.1 Å². The van der Waals surface area contributed by atoms with Gasteiger partial charge < -0.3 is 19.7 Å². The Morgan fingerprint density at radius 1 is 1.14 bits per heavy atom. The van der Waals surface area contributed by atoms with E-state index in [1.807, 2.05) is 6.92 Å². The second kappa shape index (κ2) is 9.36. The van der Waals surface area contributed by atoms with Crippen LogP contribution in [0.4, 0.5) is 17.1 Å². The Kier molecular flexibility index (Phi) is 6.91. The average molecular weight is 387 g/mol. The highest BCUT2D eigenvalue weighted by atomic mass is 16.6. The SMILES string of the molecule is CCOc1ccc(NC(=O)COC(=O)c2cc([N+](=O)[O-])ccc2N(C)C)cc1. The predicted molar refractivity (Wildman–Crippen MR) is 104 cm³/mol. The summed E-state index contributed by atoms with van der Waals surface area (Å²) < 4.78 is 10.3. The number of nitro benzene ring substituents is 1. The van der Waals surface area contributed by atoms with Crippen molar-refractivity contribution in [2.45, 2.75) is 6.92 Å². The van der Waals surface area contributed by atoms with Crippen molar-refractivity contribution in [1.29, 1.82) is 0 Å². The van der Waals surface area contributed by atoms with E-state index in [0.29, 0.717) is 23.7 Å². The molecular formula is C19H21N3O6. The Hall–Kier alpha value is -3.62. The van der Waals surface area contributed by atoms with Gasteiger partial charge in [-0.3, -0.25) is 14.9 Å². The summed E-state index contributed by atoms with van der Waals surface area (Å²) in [6.45, 7) is 1.88. The molecule has 9 nitrogen and oxygen atoms in total. The van der Waals surface area contributed by atoms with E-state index < -0.39 is 23.4 Å². The highest BCUT2D eigenvalue weighted by Crippen LogP contribution is 2.25. The van der Waals surface area contributed by atoms with E-state index in [0.717, 1.165) is 6.07 Å². The number of nitrogens with zero attached hydrogens (tertiary/aromatic N) is 2. The van der Waals surface area contributed by atoms with Crippen molar-refractivity contribution in [1.82, 2.24) is 0 Å². The molecule has 0 heterocycles. The van der Waals surface area contributed by atoms with Crippen LogP contribution in [0, 0.1) is 10.1 Å². The zero-order valence-electron chi connectivity index (χ0n) is 15.8. The molecule has 9 heteroatoms. The second-order valence-electron chi connectivity index (χ2n) is 5.93. The van der Waals surface area contributed by atoms with Crippen molar-refractivity contribution in [2.24, 2.45) is 0 Å². The maximum Gasteiger partial charge on any atom is 0.341 e. The second-order valence-corrected chi connectivity index (χ2v) is 5.93. The van der Waals surface area contributed by atoms with Gasteiger partial charge in [0.2, 0.25) is 0 Å². The molecule has 0 aliphatic heterocycles. The summed E-state index contributed by atoms with van der Waals surface area (Å²) in [6.07, 6.45) is 0. The summed E-state index contributed by atoms with van der Waals surface area (Å²) in [5, 5.41) is 13.6. The summed E-state index contributed by atoms with van der Waals surface area (Å²) in [5.74, 6) is -0.683. The normalized spacial score (nSPS) is 10.1. The number of esters is 1. The van der Waals surface area contributed by atoms with E-state index in [2.05, 4.69) is 5.32 Å². The van der Waals surface area contributed by atoms with Crippen molar-refractivity contribution >= 4 is 28.9 Å². The van der Waals surface area contributed by atoms with Crippen LogP contribution in [0.2, 0.25) is 0 Å². The lowest BCUT2D eigenvalue weighted by Crippen LogP contribution is -2.22. The fourth-order valence-electron chi connectivity index (χ4n) is 2.40. The summed E-state index contributed by atoms with van der Waals surface area (Å²) >= 11 is 0. The molecule has 28 heavy (non-hydrogen) atoms. The van der Waals surface area contributed by atoms with E-state index in [1.165, 1.54) is 12.1 Å². The Morgan fingerprint density at radius 3 is 2.39 bits per heavy atom. The molecule has 2 aromatic rings. The maximum atomic E-state index is 12.4. The molecule has 2 rings (SSSR count). The number of benzene rings is 2. The Bertz CT molecular complexity index is 864. The number of anilines is 2. The van der Waals surface area contributed by atoms with Crippen molar-refractivity contribution in [3.05, 3.63) is 58.1 Å². The third-order valence-electron chi connectivity index (χ3n) is 3.68. The third-order valence-corrected chi connectivity index (χ3v) is 3.68. The lowest BCUT2D eigenvalue weighted by molar-refractivity contribution is -0.384. The largest absolute Gasteiger partial charge is 0.494 e. The standard InChI is InChI=1S/C19H21N3O6/c1-4-27-15-8-5-13(6-9-15)20-18(23)12-28-19(24)16-11-14(22(25)26)7-10-17(16)21(2)3/h5-11H,4,12H2,1-3H3,(H,20,23). The van der Waals surface area contributed by atoms with Gasteiger partial charge in [0.05, 0.1) is 22.8 Å². The number of ether oxygens (including phenoxy) is 2. The number of carbonyl (C=O) groups is 2. The topological polar surface area (TPSA) is 111 Å². The number of non-ortho nitro benzene ring substituents is 1. The first kappa shape index (κ1) is 20.7. The van der Waals surface area contributed by atoms with E-state index in [-0.39, 0.29) is 11.3 Å². The van der Waals surface area contributed by atoms with Crippen LogP contribution in [0.15, 0.2) is 42.5 Å². The van der Waals surface area contributed by atoms with E-state index in [1.54, 1.807) is 43.3 Å². The number of amides is 1. The van der Waals surface area contributed by atoms with E-state index >= 15 is 0 Å². The summed E-state index contributed by atoms with van der Waals surface area (Å²) in [7, 11) is 3.38. The number of rotatable bonds is 8. The summed E-state index contributed by atoms with van der Waals surface area (Å²) in [6, 6.07) is 10.6. The lowest BCUT2D eigenvalue weighted by Gasteiger charge is -2.16. The average Bonchev–Trinajstić information content (AvgIpc) is 2.67. The molecule has 0 aromatic heterocycles. The fraction of sp³-hybridized carbons (Fsp3) is 0.263. The molecule has 0 unspecified atom stereocenters. The van der Waals surface area contributed by atoms with Gasteiger partial charge in [-0.25, -0.2) is 4.79 Å². The van der Waals surface area contributed by atoms with Crippen molar-refractivity contribution < 1.29 is 24.0 Å². The smallest absolute Gasteiger partial charge is 0.341 e. The van der Waals surface area contributed by atoms with Crippen LogP contribution >= 0.6 is 0 Å². The fourth-order valence-corrected chi connectivity index (χ4v) is 2.40. The maximum absolute atomic E-state index is 12.4. The molecule has 2 aromatic carbocycles. The zero-order chi connectivity index (χ0) is 20.7. The van der Waals surface area contributed by atoms with Crippen LogP contribution in [-0.2, 0) is 9.53 Å². The van der Waals surface area contributed by atoms with Gasteiger partial charge in [0.15, 0.2) is 6.61 Å². The van der Waals surface area contributed by atoms with Gasteiger partial charge in [0, 0.05) is 31.9 Å². The Balaban J connectivity index is 2.01. The Labute approximate surface area is 162 Å². The van der Waals surface area contributed by atoms with Gasteiger partial charge in [-0.1, -0.05) is 0 Å². The van der Waals surface area contributed by atoms with E-state index in [9.17, 15) is 19.7 Å². The van der Waals surface area contributed by atoms with Crippen molar-refractivity contribution in [3.63, 3.8) is 0 Å². The first-order valence-electron chi connectivity index (χ1n) is 8.47. The molecule has 0 saturated carbocycles. The van der Waals surface area contributed by atoms with Crippen LogP contribution in [0.1, 0.15) is 17.3 Å². The lowest BCUT2D eigenvalue weighted by atomic mass is 10.1. The third kappa shape index (κ3) is 5.44. The highest BCUT2D eigenvalue weighted by Gasteiger charge is 2.20. The summed E-state index contributed by atoms with van der Waals surface area (Å²) in [4.78, 5) is 36.3. The number of nitrogens with one attached hydrogen (secondary N) is 1. The molecule has 148 valence electrons. The molecule has 0 saturated heterocycles. The van der Waals surface area contributed by atoms with E-state index in [4.69, 9.17) is 9.47 Å². The monoisotopic (exact) mass is 387 g/mol. The van der Waals surface area contributed by atoms with Gasteiger partial charge in [-0.2, -0.15) is 0 Å². The van der Waals surface area contributed by atoms with Gasteiger partial charge in [-0.05, 0) is 37.3 Å². The Morgan fingerprint density at radius 2 is 1.82 bits per heavy atom. The molecule has 0 aliphatic rings. The van der Waals surface area contributed by atoms with Crippen molar-refractivity contribution in [2.75, 3.05) is 37.5 Å². The van der Waals surface area contributed by atoms with Crippen LogP contribution in [0.3, 0.4) is 0 Å². The quantitative estimate of drug-likeness (QED) is 0.421. The number of carbonyl (C=O) groups excluding carboxylic acids is 2. The number of hydrogen-bond acceptors (Lipinski definition) is 7. The molecule has 0 fully saturated rings. The predicted octanol–water partition coefficient (Wildman–Crippen LogP) is 2.86. The van der Waals surface area contributed by atoms with Crippen LogP contribution < -0.4 is 15.0 Å². The first-order valence-corrected chi connectivity index (χ1v) is 8.47. The van der Waals surface area contributed by atoms with Gasteiger partial charge in [0.25, 0.3) is 11.6 Å². The van der Waals surface area contributed by atoms with Crippen LogP contribution in [0.25, 0.3) is 0 Å². The minimum Gasteiger partial charge on any atom is -0.494 e. The molecule has 0 bridgehead atoms. The van der Waals surface area contributed by atoms with Gasteiger partial charge in [-0.15, -0.1) is 0 Å². The number of hydrogen-bond donors (Lipinski definition) is 1. The zero-order valence-corrected chi connectivity index (χ0v) is 15.8. The molecule has 0 atom stereocenters. The van der Waals surface area contributed by atoms with Crippen molar-refractivity contribution in [3.8, 4) is 5.75 Å². The number of nitro groups is 1. The van der Waals surface area contributed by atoms with Crippen LogP contribution in [0.5, 0.6) is 5.75 Å². The molecule has 0 spiro atoms. The molecule has 0 radical (unpaired) electrons. The molecule has 0 aliphatic carbocycles. The first-order chi connectivity index (χ1) is 13.3. The molecule has 1 N–H and O–H groups in total. The molecule has 1 amide bonds.